The van der Waals surface area contributed by atoms with Crippen molar-refractivity contribution in [1.29, 1.82) is 0 Å². The van der Waals surface area contributed by atoms with Crippen molar-refractivity contribution in [1.82, 2.24) is 0 Å². The van der Waals surface area contributed by atoms with Crippen LogP contribution in [0.2, 0.25) is 0 Å². The molecule has 0 N–H and O–H groups in total. The monoisotopic (exact) mass is 436 g/mol. The zero-order chi connectivity index (χ0) is 23.0. The van der Waals surface area contributed by atoms with Crippen LogP contribution in [0, 0.1) is 5.82 Å². The molecule has 0 radical (unpaired) electrons. The molecular weight excluding hydrogens is 403 g/mol. The SMILES string of the molecule is CCOc1ccc(Oc2cc(CCCC(C)(C)c3ccc(OCC)cc3)ccc2F)cc1. The fourth-order valence-electron chi connectivity index (χ4n) is 3.73. The first-order valence-corrected chi connectivity index (χ1v) is 11.3. The second kappa shape index (κ2) is 11.0. The Labute approximate surface area is 191 Å². The van der Waals surface area contributed by atoms with Crippen molar-refractivity contribution in [2.24, 2.45) is 0 Å². The van der Waals surface area contributed by atoms with Crippen molar-refractivity contribution < 1.29 is 18.6 Å². The maximum Gasteiger partial charge on any atom is 0.165 e. The van der Waals surface area contributed by atoms with E-state index in [1.807, 2.05) is 44.2 Å². The van der Waals surface area contributed by atoms with Gasteiger partial charge in [-0.1, -0.05) is 32.0 Å². The van der Waals surface area contributed by atoms with Crippen molar-refractivity contribution >= 4 is 0 Å². The van der Waals surface area contributed by atoms with Crippen LogP contribution in [0.15, 0.2) is 66.7 Å². The summed E-state index contributed by atoms with van der Waals surface area (Å²) in [6, 6.07) is 20.7. The van der Waals surface area contributed by atoms with Crippen LogP contribution in [0.25, 0.3) is 0 Å². The lowest BCUT2D eigenvalue weighted by molar-refractivity contribution is 0.339. The molecule has 0 aliphatic heterocycles. The molecule has 0 aliphatic rings. The highest BCUT2D eigenvalue weighted by Crippen LogP contribution is 2.32. The number of hydrogen-bond acceptors (Lipinski definition) is 3. The zero-order valence-electron chi connectivity index (χ0n) is 19.5. The number of ether oxygens (including phenoxy) is 3. The summed E-state index contributed by atoms with van der Waals surface area (Å²) in [5, 5.41) is 0. The van der Waals surface area contributed by atoms with Crippen LogP contribution in [0.5, 0.6) is 23.0 Å². The van der Waals surface area contributed by atoms with E-state index in [0.717, 1.165) is 36.3 Å². The second-order valence-electron chi connectivity index (χ2n) is 8.47. The molecule has 0 spiro atoms. The molecule has 0 saturated heterocycles. The van der Waals surface area contributed by atoms with Gasteiger partial charge in [-0.3, -0.25) is 0 Å². The minimum atomic E-state index is -0.364. The van der Waals surface area contributed by atoms with Gasteiger partial charge in [0.05, 0.1) is 13.2 Å². The minimum Gasteiger partial charge on any atom is -0.494 e. The van der Waals surface area contributed by atoms with Crippen LogP contribution in [0.1, 0.15) is 51.7 Å². The Hall–Kier alpha value is -3.01. The van der Waals surface area contributed by atoms with Gasteiger partial charge in [-0.2, -0.15) is 0 Å². The molecule has 4 heteroatoms. The Morgan fingerprint density at radius 1 is 0.750 bits per heavy atom. The molecule has 3 aromatic rings. The molecule has 0 amide bonds. The molecule has 0 bridgehead atoms. The molecule has 32 heavy (non-hydrogen) atoms. The lowest BCUT2D eigenvalue weighted by atomic mass is 9.80. The molecule has 0 aliphatic carbocycles. The molecule has 0 fully saturated rings. The van der Waals surface area contributed by atoms with Crippen LogP contribution in [0.4, 0.5) is 4.39 Å². The predicted molar refractivity (Wildman–Crippen MR) is 128 cm³/mol. The lowest BCUT2D eigenvalue weighted by Crippen LogP contribution is -2.17. The molecule has 0 saturated carbocycles. The van der Waals surface area contributed by atoms with E-state index in [2.05, 4.69) is 26.0 Å². The van der Waals surface area contributed by atoms with Crippen molar-refractivity contribution in [2.45, 2.75) is 52.4 Å². The van der Waals surface area contributed by atoms with Gasteiger partial charge in [-0.15, -0.1) is 0 Å². The summed E-state index contributed by atoms with van der Waals surface area (Å²) in [6.45, 7) is 9.71. The third-order valence-electron chi connectivity index (χ3n) is 5.57. The number of rotatable bonds is 11. The average molecular weight is 437 g/mol. The number of hydrogen-bond donors (Lipinski definition) is 0. The Morgan fingerprint density at radius 2 is 1.31 bits per heavy atom. The Morgan fingerprint density at radius 3 is 1.91 bits per heavy atom. The summed E-state index contributed by atoms with van der Waals surface area (Å²) < 4.78 is 31.1. The van der Waals surface area contributed by atoms with E-state index >= 15 is 0 Å². The topological polar surface area (TPSA) is 27.7 Å². The van der Waals surface area contributed by atoms with E-state index in [9.17, 15) is 4.39 Å². The first-order chi connectivity index (χ1) is 15.4. The molecular formula is C28H33FO3. The van der Waals surface area contributed by atoms with Gasteiger partial charge in [0.2, 0.25) is 0 Å². The molecule has 0 atom stereocenters. The Balaban J connectivity index is 1.59. The smallest absolute Gasteiger partial charge is 0.165 e. The summed E-state index contributed by atoms with van der Waals surface area (Å²) in [5.74, 6) is 2.14. The summed E-state index contributed by atoms with van der Waals surface area (Å²) in [6.07, 6.45) is 2.88. The first-order valence-electron chi connectivity index (χ1n) is 11.3. The highest BCUT2D eigenvalue weighted by atomic mass is 19.1. The molecule has 3 nitrogen and oxygen atoms in total. The van der Waals surface area contributed by atoms with Crippen LogP contribution in [0.3, 0.4) is 0 Å². The van der Waals surface area contributed by atoms with Crippen LogP contribution in [-0.4, -0.2) is 13.2 Å². The van der Waals surface area contributed by atoms with Gasteiger partial charge in [-0.05, 0) is 98.2 Å². The fraction of sp³-hybridized carbons (Fsp3) is 0.357. The summed E-state index contributed by atoms with van der Waals surface area (Å²) >= 11 is 0. The van der Waals surface area contributed by atoms with Gasteiger partial charge >= 0.3 is 0 Å². The average Bonchev–Trinajstić information content (AvgIpc) is 2.78. The zero-order valence-corrected chi connectivity index (χ0v) is 19.5. The molecule has 3 aromatic carbocycles. The molecule has 0 aromatic heterocycles. The van der Waals surface area contributed by atoms with Gasteiger partial charge in [-0.25, -0.2) is 4.39 Å². The van der Waals surface area contributed by atoms with E-state index in [0.29, 0.717) is 19.0 Å². The van der Waals surface area contributed by atoms with Crippen molar-refractivity contribution in [2.75, 3.05) is 13.2 Å². The highest BCUT2D eigenvalue weighted by molar-refractivity contribution is 5.38. The first kappa shape index (κ1) is 23.6. The number of benzene rings is 3. The molecule has 3 rings (SSSR count). The number of aryl methyl sites for hydroxylation is 1. The van der Waals surface area contributed by atoms with Crippen LogP contribution < -0.4 is 14.2 Å². The maximum absolute atomic E-state index is 14.3. The van der Waals surface area contributed by atoms with E-state index in [1.165, 1.54) is 11.6 Å². The molecule has 0 unspecified atom stereocenters. The van der Waals surface area contributed by atoms with Crippen molar-refractivity contribution in [3.63, 3.8) is 0 Å². The third-order valence-corrected chi connectivity index (χ3v) is 5.57. The lowest BCUT2D eigenvalue weighted by Gasteiger charge is -2.25. The second-order valence-corrected chi connectivity index (χ2v) is 8.47. The van der Waals surface area contributed by atoms with Crippen molar-refractivity contribution in [3.05, 3.63) is 83.7 Å². The summed E-state index contributed by atoms with van der Waals surface area (Å²) in [4.78, 5) is 0. The van der Waals surface area contributed by atoms with Crippen LogP contribution in [-0.2, 0) is 11.8 Å². The largest absolute Gasteiger partial charge is 0.494 e. The molecule has 170 valence electrons. The predicted octanol–water partition coefficient (Wildman–Crippen LogP) is 7.72. The van der Waals surface area contributed by atoms with Crippen LogP contribution >= 0.6 is 0 Å². The number of halogens is 1. The van der Waals surface area contributed by atoms with Gasteiger partial charge < -0.3 is 14.2 Å². The third kappa shape index (κ3) is 6.49. The quantitative estimate of drug-likeness (QED) is 0.308. The van der Waals surface area contributed by atoms with E-state index < -0.39 is 0 Å². The van der Waals surface area contributed by atoms with Gasteiger partial charge in [0, 0.05) is 0 Å². The minimum absolute atomic E-state index is 0.0480. The highest BCUT2D eigenvalue weighted by Gasteiger charge is 2.20. The summed E-state index contributed by atoms with van der Waals surface area (Å²) in [5.41, 5.74) is 2.40. The standard InChI is InChI=1S/C28H33FO3/c1-5-30-23-12-10-22(11-13-23)28(3,4)19-7-8-21-9-18-26(29)27(20-21)32-25-16-14-24(15-17-25)31-6-2/h9-18,20H,5-8,19H2,1-4H3. The van der Waals surface area contributed by atoms with Crippen molar-refractivity contribution in [3.8, 4) is 23.0 Å². The fourth-order valence-corrected chi connectivity index (χ4v) is 3.73. The van der Waals surface area contributed by atoms with E-state index in [-0.39, 0.29) is 17.0 Å². The normalized spacial score (nSPS) is 11.3. The maximum atomic E-state index is 14.3. The molecule has 0 heterocycles. The van der Waals surface area contributed by atoms with Gasteiger partial charge in [0.25, 0.3) is 0 Å². The van der Waals surface area contributed by atoms with E-state index in [1.54, 1.807) is 18.2 Å². The van der Waals surface area contributed by atoms with Gasteiger partial charge in [0.15, 0.2) is 11.6 Å². The van der Waals surface area contributed by atoms with E-state index in [4.69, 9.17) is 14.2 Å². The van der Waals surface area contributed by atoms with Gasteiger partial charge in [0.1, 0.15) is 17.2 Å². The Kier molecular flexibility index (Phi) is 8.15. The Bertz CT molecular complexity index is 979. The summed E-state index contributed by atoms with van der Waals surface area (Å²) in [7, 11) is 0.